The Bertz CT molecular complexity index is 266. The van der Waals surface area contributed by atoms with Crippen molar-refractivity contribution in [1.82, 2.24) is 4.98 Å². The Labute approximate surface area is 83.9 Å². The fraction of sp³-hybridized carbons (Fsp3) is 0.500. The maximum absolute atomic E-state index is 12.5. The van der Waals surface area contributed by atoms with Gasteiger partial charge in [0.15, 0.2) is 6.79 Å². The highest BCUT2D eigenvalue weighted by molar-refractivity contribution is 5.28. The minimum Gasteiger partial charge on any atom is -0.466 e. The van der Waals surface area contributed by atoms with Gasteiger partial charge in [-0.1, -0.05) is 13.8 Å². The van der Waals surface area contributed by atoms with Crippen LogP contribution >= 0.6 is 0 Å². The molecule has 0 aliphatic carbocycles. The number of nitrogens with zero attached hydrogens (tertiary/aromatic N) is 1. The highest BCUT2D eigenvalue weighted by Gasteiger charge is 2.00. The van der Waals surface area contributed by atoms with E-state index >= 15 is 0 Å². The molecule has 0 amide bonds. The Hall–Kier alpha value is -1.16. The van der Waals surface area contributed by atoms with E-state index in [9.17, 15) is 4.39 Å². The molecule has 0 radical (unpaired) electrons. The molecule has 0 spiro atoms. The second-order valence-electron chi connectivity index (χ2n) is 2.32. The van der Waals surface area contributed by atoms with Crippen LogP contribution < -0.4 is 4.74 Å². The Kier molecular flexibility index (Phi) is 6.66. The Morgan fingerprint density at radius 3 is 2.57 bits per heavy atom. The smallest absolute Gasteiger partial charge is 0.213 e. The van der Waals surface area contributed by atoms with E-state index in [1.54, 1.807) is 6.92 Å². The molecule has 1 heterocycles. The molecule has 14 heavy (non-hydrogen) atoms. The van der Waals surface area contributed by atoms with Crippen molar-refractivity contribution in [3.63, 3.8) is 0 Å². The fourth-order valence-electron chi connectivity index (χ4n) is 0.783. The second-order valence-corrected chi connectivity index (χ2v) is 2.32. The van der Waals surface area contributed by atoms with Crippen LogP contribution in [0, 0.1) is 12.9 Å². The van der Waals surface area contributed by atoms with E-state index < -0.39 is 5.95 Å². The summed E-state index contributed by atoms with van der Waals surface area (Å²) in [6.07, 6.45) is 1.34. The number of aromatic nitrogens is 1. The topological polar surface area (TPSA) is 31.4 Å². The number of methoxy groups -OCH3 is 1. The number of aryl methyl sites for hydroxylation is 1. The molecule has 0 atom stereocenters. The van der Waals surface area contributed by atoms with Crippen LogP contribution in [-0.4, -0.2) is 18.9 Å². The normalized spacial score (nSPS) is 8.93. The number of pyridine rings is 1. The van der Waals surface area contributed by atoms with Crippen molar-refractivity contribution in [3.8, 4) is 5.75 Å². The quantitative estimate of drug-likeness (QED) is 0.556. The molecule has 1 rings (SSSR count). The van der Waals surface area contributed by atoms with Gasteiger partial charge in [-0.3, -0.25) is 0 Å². The van der Waals surface area contributed by atoms with Gasteiger partial charge in [-0.25, -0.2) is 4.98 Å². The maximum atomic E-state index is 12.5. The molecular weight excluding hydrogens is 185 g/mol. The molecule has 1 aromatic rings. The molecule has 1 aromatic heterocycles. The number of hydrogen-bond donors (Lipinski definition) is 0. The van der Waals surface area contributed by atoms with E-state index in [0.717, 1.165) is 0 Å². The third kappa shape index (κ3) is 4.18. The molecule has 3 nitrogen and oxygen atoms in total. The summed E-state index contributed by atoms with van der Waals surface area (Å²) >= 11 is 0. The van der Waals surface area contributed by atoms with E-state index in [4.69, 9.17) is 4.74 Å². The molecule has 0 saturated carbocycles. The maximum Gasteiger partial charge on any atom is 0.213 e. The van der Waals surface area contributed by atoms with Crippen LogP contribution in [0.5, 0.6) is 5.75 Å². The van der Waals surface area contributed by atoms with Crippen molar-refractivity contribution >= 4 is 0 Å². The van der Waals surface area contributed by atoms with E-state index in [2.05, 4.69) is 9.72 Å². The molecule has 0 aliphatic rings. The van der Waals surface area contributed by atoms with Crippen LogP contribution in [0.15, 0.2) is 12.3 Å². The minimum atomic E-state index is -0.503. The summed E-state index contributed by atoms with van der Waals surface area (Å²) in [6, 6.07) is 1.31. The van der Waals surface area contributed by atoms with Crippen molar-refractivity contribution < 1.29 is 13.9 Å². The molecule has 80 valence electrons. The van der Waals surface area contributed by atoms with Crippen molar-refractivity contribution in [1.29, 1.82) is 0 Å². The van der Waals surface area contributed by atoms with Gasteiger partial charge in [0.1, 0.15) is 5.75 Å². The number of hydrogen-bond acceptors (Lipinski definition) is 3. The standard InChI is InChI=1S/C8H10FNO2.C2H6/c1-6-3-8(9)10-4-7(6)12-5-11-2;1-2/h3-4H,5H2,1-2H3;1-2H3. The lowest BCUT2D eigenvalue weighted by Gasteiger charge is -2.06. The summed E-state index contributed by atoms with van der Waals surface area (Å²) in [7, 11) is 1.52. The molecule has 0 unspecified atom stereocenters. The molecule has 0 aliphatic heterocycles. The van der Waals surface area contributed by atoms with Gasteiger partial charge in [0.05, 0.1) is 6.20 Å². The first kappa shape index (κ1) is 12.8. The van der Waals surface area contributed by atoms with E-state index in [1.165, 1.54) is 19.4 Å². The number of halogens is 1. The van der Waals surface area contributed by atoms with Gasteiger partial charge in [-0.2, -0.15) is 4.39 Å². The van der Waals surface area contributed by atoms with Crippen LogP contribution in [0.4, 0.5) is 4.39 Å². The lowest BCUT2D eigenvalue weighted by Crippen LogP contribution is -2.01. The third-order valence-corrected chi connectivity index (χ3v) is 1.36. The van der Waals surface area contributed by atoms with Gasteiger partial charge < -0.3 is 9.47 Å². The minimum absolute atomic E-state index is 0.147. The van der Waals surface area contributed by atoms with Crippen LogP contribution in [-0.2, 0) is 4.74 Å². The first-order valence-corrected chi connectivity index (χ1v) is 4.48. The largest absolute Gasteiger partial charge is 0.466 e. The lowest BCUT2D eigenvalue weighted by atomic mass is 10.3. The first-order valence-electron chi connectivity index (χ1n) is 4.48. The zero-order chi connectivity index (χ0) is 11.0. The monoisotopic (exact) mass is 201 g/mol. The average molecular weight is 201 g/mol. The van der Waals surface area contributed by atoms with Crippen LogP contribution in [0.2, 0.25) is 0 Å². The summed E-state index contributed by atoms with van der Waals surface area (Å²) in [5, 5.41) is 0. The second kappa shape index (κ2) is 7.26. The average Bonchev–Trinajstić information content (AvgIpc) is 2.20. The Morgan fingerprint density at radius 2 is 2.07 bits per heavy atom. The van der Waals surface area contributed by atoms with Gasteiger partial charge in [0.25, 0.3) is 0 Å². The summed E-state index contributed by atoms with van der Waals surface area (Å²) in [5.41, 5.74) is 0.708. The Balaban J connectivity index is 0.000000791. The van der Waals surface area contributed by atoms with Gasteiger partial charge >= 0.3 is 0 Å². The van der Waals surface area contributed by atoms with Gasteiger partial charge in [0.2, 0.25) is 5.95 Å². The van der Waals surface area contributed by atoms with Crippen molar-refractivity contribution in [2.75, 3.05) is 13.9 Å². The Morgan fingerprint density at radius 1 is 1.43 bits per heavy atom. The van der Waals surface area contributed by atoms with Gasteiger partial charge in [-0.05, 0) is 18.6 Å². The van der Waals surface area contributed by atoms with E-state index in [-0.39, 0.29) is 6.79 Å². The zero-order valence-corrected chi connectivity index (χ0v) is 9.00. The van der Waals surface area contributed by atoms with Crippen molar-refractivity contribution in [2.45, 2.75) is 20.8 Å². The van der Waals surface area contributed by atoms with Crippen molar-refractivity contribution in [3.05, 3.63) is 23.8 Å². The van der Waals surface area contributed by atoms with Gasteiger partial charge in [-0.15, -0.1) is 0 Å². The third-order valence-electron chi connectivity index (χ3n) is 1.36. The van der Waals surface area contributed by atoms with Crippen LogP contribution in [0.25, 0.3) is 0 Å². The summed E-state index contributed by atoms with van der Waals surface area (Å²) < 4.78 is 22.2. The zero-order valence-electron chi connectivity index (χ0n) is 9.00. The van der Waals surface area contributed by atoms with E-state index in [1.807, 2.05) is 13.8 Å². The highest BCUT2D eigenvalue weighted by atomic mass is 19.1. The molecule has 4 heteroatoms. The molecule has 0 saturated heterocycles. The molecular formula is C10H16FNO2. The van der Waals surface area contributed by atoms with Gasteiger partial charge in [0, 0.05) is 7.11 Å². The predicted molar refractivity (Wildman–Crippen MR) is 52.8 cm³/mol. The summed E-state index contributed by atoms with van der Waals surface area (Å²) in [4.78, 5) is 3.45. The highest BCUT2D eigenvalue weighted by Crippen LogP contribution is 2.15. The SMILES string of the molecule is CC.COCOc1cnc(F)cc1C. The fourth-order valence-corrected chi connectivity index (χ4v) is 0.783. The summed E-state index contributed by atoms with van der Waals surface area (Å²) in [5.74, 6) is 0.0375. The molecule has 0 fully saturated rings. The summed E-state index contributed by atoms with van der Waals surface area (Å²) in [6.45, 7) is 5.89. The molecule has 0 aromatic carbocycles. The van der Waals surface area contributed by atoms with Crippen LogP contribution in [0.1, 0.15) is 19.4 Å². The van der Waals surface area contributed by atoms with E-state index in [0.29, 0.717) is 11.3 Å². The number of ether oxygens (including phenoxy) is 2. The van der Waals surface area contributed by atoms with Crippen LogP contribution in [0.3, 0.4) is 0 Å². The predicted octanol–water partition coefficient (Wildman–Crippen LogP) is 2.54. The number of rotatable bonds is 3. The van der Waals surface area contributed by atoms with Crippen molar-refractivity contribution in [2.24, 2.45) is 0 Å². The molecule has 0 bridgehead atoms. The first-order chi connectivity index (χ1) is 6.74. The lowest BCUT2D eigenvalue weighted by molar-refractivity contribution is 0.0502. The molecule has 0 N–H and O–H groups in total.